The van der Waals surface area contributed by atoms with Crippen LogP contribution in [0.15, 0.2) is 5.38 Å². The van der Waals surface area contributed by atoms with E-state index < -0.39 is 26.7 Å². The Labute approximate surface area is 176 Å². The van der Waals surface area contributed by atoms with E-state index in [1.165, 1.54) is 14.2 Å². The summed E-state index contributed by atoms with van der Waals surface area (Å²) in [4.78, 5) is 24.2. The number of nitrogens with one attached hydrogen (secondary N) is 2. The molecule has 0 spiro atoms. The van der Waals surface area contributed by atoms with Gasteiger partial charge in [-0.15, -0.1) is 11.3 Å². The Bertz CT molecular complexity index is 833. The van der Waals surface area contributed by atoms with Crippen molar-refractivity contribution < 1.29 is 27.5 Å². The van der Waals surface area contributed by atoms with Gasteiger partial charge < -0.3 is 14.8 Å². The van der Waals surface area contributed by atoms with E-state index in [9.17, 15) is 18.0 Å². The maximum absolute atomic E-state index is 12.3. The Hall–Kier alpha value is -1.65. The predicted molar refractivity (Wildman–Crippen MR) is 113 cm³/mol. The third-order valence-corrected chi connectivity index (χ3v) is 8.32. The molecule has 0 aliphatic heterocycles. The second-order valence-electron chi connectivity index (χ2n) is 8.17. The number of anilines is 1. The topological polar surface area (TPSA) is 111 Å². The monoisotopic (exact) mass is 446 g/mol. The van der Waals surface area contributed by atoms with Crippen molar-refractivity contribution in [1.82, 2.24) is 4.72 Å². The van der Waals surface area contributed by atoms with Gasteiger partial charge >= 0.3 is 11.9 Å². The number of hydrogen-bond donors (Lipinski definition) is 2. The zero-order valence-electron chi connectivity index (χ0n) is 17.5. The Morgan fingerprint density at radius 1 is 1.10 bits per heavy atom. The summed E-state index contributed by atoms with van der Waals surface area (Å²) in [6.07, 6.45) is 3.27. The molecule has 1 saturated carbocycles. The van der Waals surface area contributed by atoms with Crippen LogP contribution < -0.4 is 10.0 Å². The molecular weight excluding hydrogens is 416 g/mol. The number of sulfonamides is 1. The molecule has 8 nitrogen and oxygen atoms in total. The summed E-state index contributed by atoms with van der Waals surface area (Å²) in [5, 5.41) is 4.96. The molecule has 1 aliphatic rings. The molecule has 0 bridgehead atoms. The Morgan fingerprint density at radius 2 is 1.69 bits per heavy atom. The number of carbonyl (C=O) groups is 2. The van der Waals surface area contributed by atoms with Gasteiger partial charge in [0.15, 0.2) is 0 Å². The summed E-state index contributed by atoms with van der Waals surface area (Å²) >= 11 is 1.13. The smallest absolute Gasteiger partial charge is 0.349 e. The molecule has 2 rings (SSSR count). The Kier molecular flexibility index (Phi) is 7.69. The first-order valence-corrected chi connectivity index (χ1v) is 11.9. The largest absolute Gasteiger partial charge is 0.465 e. The van der Waals surface area contributed by atoms with Crippen LogP contribution in [0.1, 0.15) is 66.5 Å². The quantitative estimate of drug-likeness (QED) is 0.619. The second-order valence-corrected chi connectivity index (χ2v) is 11.5. The first-order valence-electron chi connectivity index (χ1n) is 9.54. The molecule has 1 heterocycles. The van der Waals surface area contributed by atoms with Crippen LogP contribution in [0.2, 0.25) is 0 Å². The molecule has 0 radical (unpaired) electrons. The van der Waals surface area contributed by atoms with Gasteiger partial charge in [-0.2, -0.15) is 0 Å². The van der Waals surface area contributed by atoms with Gasteiger partial charge in [-0.3, -0.25) is 0 Å². The molecule has 1 fully saturated rings. The van der Waals surface area contributed by atoms with E-state index in [1.807, 2.05) is 0 Å². The van der Waals surface area contributed by atoms with Crippen LogP contribution in [-0.4, -0.2) is 51.9 Å². The summed E-state index contributed by atoms with van der Waals surface area (Å²) in [5.74, 6) is -0.818. The maximum atomic E-state index is 12.3. The van der Waals surface area contributed by atoms with Crippen molar-refractivity contribution in [3.8, 4) is 0 Å². The minimum atomic E-state index is -3.36. The van der Waals surface area contributed by atoms with Crippen LogP contribution in [0.4, 0.5) is 5.69 Å². The SMILES string of the molecule is COC(=O)c1scc(NCC2CCC(NS(=O)(=O)C(C)(C)C)CC2)c1C(=O)OC. The lowest BCUT2D eigenvalue weighted by Gasteiger charge is -2.31. The third kappa shape index (κ3) is 5.70. The number of thiophene rings is 1. The van der Waals surface area contributed by atoms with Gasteiger partial charge in [0.2, 0.25) is 10.0 Å². The number of carbonyl (C=O) groups excluding carboxylic acids is 2. The van der Waals surface area contributed by atoms with Gasteiger partial charge in [-0.05, 0) is 52.4 Å². The van der Waals surface area contributed by atoms with Crippen molar-refractivity contribution >= 4 is 39.0 Å². The summed E-state index contributed by atoms with van der Waals surface area (Å²) in [6, 6.07) is -0.0480. The molecule has 29 heavy (non-hydrogen) atoms. The molecule has 0 aromatic carbocycles. The predicted octanol–water partition coefficient (Wildman–Crippen LogP) is 3.01. The molecule has 0 atom stereocenters. The van der Waals surface area contributed by atoms with Gasteiger partial charge in [0.25, 0.3) is 0 Å². The summed E-state index contributed by atoms with van der Waals surface area (Å²) < 4.78 is 36.2. The molecule has 0 unspecified atom stereocenters. The zero-order chi connectivity index (χ0) is 21.8. The molecule has 2 N–H and O–H groups in total. The van der Waals surface area contributed by atoms with Crippen molar-refractivity contribution in [1.29, 1.82) is 0 Å². The fourth-order valence-electron chi connectivity index (χ4n) is 3.17. The minimum Gasteiger partial charge on any atom is -0.465 e. The number of rotatable bonds is 7. The van der Waals surface area contributed by atoms with Gasteiger partial charge in [-0.25, -0.2) is 22.7 Å². The van der Waals surface area contributed by atoms with E-state index in [-0.39, 0.29) is 16.5 Å². The second kappa shape index (κ2) is 9.44. The highest BCUT2D eigenvalue weighted by Gasteiger charge is 2.33. The number of methoxy groups -OCH3 is 2. The van der Waals surface area contributed by atoms with Crippen molar-refractivity contribution in [3.63, 3.8) is 0 Å². The molecule has 1 aromatic rings. The standard InChI is InChI=1S/C19H30N2O6S2/c1-19(2,3)29(24,25)21-13-8-6-12(7-9-13)10-20-14-11-28-16(18(23)27-5)15(14)17(22)26-4/h11-13,20-21H,6-10H2,1-5H3. The van der Waals surface area contributed by atoms with Crippen molar-refractivity contribution in [2.24, 2.45) is 5.92 Å². The first-order chi connectivity index (χ1) is 13.5. The number of ether oxygens (including phenoxy) is 2. The van der Waals surface area contributed by atoms with Crippen molar-refractivity contribution in [3.05, 3.63) is 15.8 Å². The summed E-state index contributed by atoms with van der Waals surface area (Å²) in [7, 11) is -0.821. The summed E-state index contributed by atoms with van der Waals surface area (Å²) in [6.45, 7) is 5.69. The number of hydrogen-bond acceptors (Lipinski definition) is 8. The highest BCUT2D eigenvalue weighted by Crippen LogP contribution is 2.31. The minimum absolute atomic E-state index is 0.0480. The van der Waals surface area contributed by atoms with Crippen LogP contribution in [0.25, 0.3) is 0 Å². The van der Waals surface area contributed by atoms with Crippen LogP contribution in [0.3, 0.4) is 0 Å². The Morgan fingerprint density at radius 3 is 2.21 bits per heavy atom. The molecular formula is C19H30N2O6S2. The van der Waals surface area contributed by atoms with Gasteiger partial charge in [-0.1, -0.05) is 0 Å². The molecule has 164 valence electrons. The Balaban J connectivity index is 1.95. The highest BCUT2D eigenvalue weighted by atomic mass is 32.2. The molecule has 0 saturated heterocycles. The molecule has 0 amide bonds. The van der Waals surface area contributed by atoms with Gasteiger partial charge in [0.05, 0.1) is 24.7 Å². The number of esters is 2. The third-order valence-electron chi connectivity index (χ3n) is 5.11. The lowest BCUT2D eigenvalue weighted by Crippen LogP contribution is -2.46. The van der Waals surface area contributed by atoms with Gasteiger partial charge in [0.1, 0.15) is 10.4 Å². The van der Waals surface area contributed by atoms with Crippen LogP contribution in [0.5, 0.6) is 0 Å². The summed E-state index contributed by atoms with van der Waals surface area (Å²) in [5.41, 5.74) is 0.744. The van der Waals surface area contributed by atoms with E-state index in [0.29, 0.717) is 18.2 Å². The fourth-order valence-corrected chi connectivity index (χ4v) is 5.13. The average molecular weight is 447 g/mol. The van der Waals surface area contributed by atoms with E-state index in [0.717, 1.165) is 37.0 Å². The van der Waals surface area contributed by atoms with E-state index in [2.05, 4.69) is 10.0 Å². The average Bonchev–Trinajstić information content (AvgIpc) is 3.09. The molecule has 1 aliphatic carbocycles. The maximum Gasteiger partial charge on any atom is 0.349 e. The van der Waals surface area contributed by atoms with E-state index >= 15 is 0 Å². The van der Waals surface area contributed by atoms with E-state index in [4.69, 9.17) is 9.47 Å². The normalized spacial score (nSPS) is 20.2. The van der Waals surface area contributed by atoms with E-state index in [1.54, 1.807) is 26.2 Å². The van der Waals surface area contributed by atoms with Crippen LogP contribution in [0, 0.1) is 5.92 Å². The van der Waals surface area contributed by atoms with Crippen LogP contribution in [-0.2, 0) is 19.5 Å². The lowest BCUT2D eigenvalue weighted by molar-refractivity contribution is 0.0561. The van der Waals surface area contributed by atoms with Crippen molar-refractivity contribution in [2.75, 3.05) is 26.1 Å². The first kappa shape index (κ1) is 23.6. The zero-order valence-corrected chi connectivity index (χ0v) is 19.2. The lowest BCUT2D eigenvalue weighted by atomic mass is 9.86. The van der Waals surface area contributed by atoms with Gasteiger partial charge in [0, 0.05) is 18.0 Å². The highest BCUT2D eigenvalue weighted by molar-refractivity contribution is 7.90. The van der Waals surface area contributed by atoms with Crippen molar-refractivity contribution in [2.45, 2.75) is 57.2 Å². The molecule has 1 aromatic heterocycles. The molecule has 10 heteroatoms. The van der Waals surface area contributed by atoms with Crippen LogP contribution >= 0.6 is 11.3 Å². The fraction of sp³-hybridized carbons (Fsp3) is 0.684.